The smallest absolute Gasteiger partial charge is 0.0770 e. The summed E-state index contributed by atoms with van der Waals surface area (Å²) in [6.07, 6.45) is 2.33. The summed E-state index contributed by atoms with van der Waals surface area (Å²) in [5.74, 6) is 0. The molecule has 1 rings (SSSR count). The fourth-order valence-electron chi connectivity index (χ4n) is 1.75. The largest absolute Gasteiger partial charge is 0.152 e. The molecule has 0 unspecified atom stereocenters. The van der Waals surface area contributed by atoms with E-state index < -0.39 is 8.07 Å². The van der Waals surface area contributed by atoms with Gasteiger partial charge >= 0.3 is 0 Å². The molecule has 1 heterocycles. The quantitative estimate of drug-likeness (QED) is 0.630. The van der Waals surface area contributed by atoms with Gasteiger partial charge in [-0.2, -0.15) is 11.3 Å². The minimum absolute atomic E-state index is 1.05. The molecular formula is C12H20SSi. The van der Waals surface area contributed by atoms with Gasteiger partial charge in [0.1, 0.15) is 0 Å². The molecule has 2 heteroatoms. The molecule has 0 aliphatic carbocycles. The van der Waals surface area contributed by atoms with Crippen LogP contribution in [0.1, 0.15) is 26.3 Å². The summed E-state index contributed by atoms with van der Waals surface area (Å²) in [6, 6.07) is 6.32. The molecule has 0 aromatic carbocycles. The minimum Gasteiger partial charge on any atom is -0.152 e. The molecule has 0 radical (unpaired) electrons. The van der Waals surface area contributed by atoms with E-state index in [1.165, 1.54) is 23.7 Å². The van der Waals surface area contributed by atoms with Crippen molar-refractivity contribution in [2.45, 2.75) is 38.9 Å². The Labute approximate surface area is 92.7 Å². The van der Waals surface area contributed by atoms with Crippen molar-refractivity contribution in [1.29, 1.82) is 0 Å². The highest BCUT2D eigenvalue weighted by Crippen LogP contribution is 2.23. The molecule has 0 bridgehead atoms. The first-order valence-electron chi connectivity index (χ1n) is 5.47. The number of hydrogen-bond acceptors (Lipinski definition) is 1. The Hall–Kier alpha value is -0.343. The van der Waals surface area contributed by atoms with Crippen LogP contribution in [0, 0.1) is 0 Å². The summed E-state index contributed by atoms with van der Waals surface area (Å²) >= 11 is 1.78. The summed E-state index contributed by atoms with van der Waals surface area (Å²) in [6.45, 7) is 7.03. The third-order valence-corrected chi connectivity index (χ3v) is 9.08. The first-order valence-corrected chi connectivity index (χ1v) is 9.12. The monoisotopic (exact) mass is 224 g/mol. The van der Waals surface area contributed by atoms with Gasteiger partial charge in [0.25, 0.3) is 0 Å². The average molecular weight is 224 g/mol. The molecule has 1 aromatic heterocycles. The molecule has 0 aliphatic heterocycles. The second kappa shape index (κ2) is 5.52. The molecule has 14 heavy (non-hydrogen) atoms. The Morgan fingerprint density at radius 3 is 2.29 bits per heavy atom. The van der Waals surface area contributed by atoms with E-state index in [1.807, 2.05) is 0 Å². The predicted molar refractivity (Wildman–Crippen MR) is 70.6 cm³/mol. The first kappa shape index (κ1) is 11.7. The highest BCUT2D eigenvalue weighted by molar-refractivity contribution is 7.08. The van der Waals surface area contributed by atoms with Crippen molar-refractivity contribution in [3.05, 3.63) is 28.1 Å². The van der Waals surface area contributed by atoms with Crippen LogP contribution in [-0.2, 0) is 0 Å². The van der Waals surface area contributed by atoms with Gasteiger partial charge in [-0.25, -0.2) is 0 Å². The van der Waals surface area contributed by atoms with Crippen molar-refractivity contribution in [3.8, 4) is 0 Å². The topological polar surface area (TPSA) is 0 Å². The SMILES string of the molecule is CC[Si](/C=C/c1ccsc1)(CC)CC. The Balaban J connectivity index is 2.73. The number of hydrogen-bond donors (Lipinski definition) is 0. The molecule has 0 amide bonds. The van der Waals surface area contributed by atoms with Crippen LogP contribution in [0.15, 0.2) is 22.5 Å². The second-order valence-corrected chi connectivity index (χ2v) is 9.77. The van der Waals surface area contributed by atoms with E-state index in [2.05, 4.69) is 49.4 Å². The Morgan fingerprint density at radius 2 is 1.86 bits per heavy atom. The fraction of sp³-hybridized carbons (Fsp3) is 0.500. The summed E-state index contributed by atoms with van der Waals surface area (Å²) < 4.78 is 0. The van der Waals surface area contributed by atoms with Gasteiger partial charge in [0.15, 0.2) is 0 Å². The van der Waals surface area contributed by atoms with E-state index in [0.29, 0.717) is 0 Å². The van der Waals surface area contributed by atoms with Gasteiger partial charge in [-0.1, -0.05) is 50.7 Å². The van der Waals surface area contributed by atoms with Gasteiger partial charge in [-0.15, -0.1) is 0 Å². The summed E-state index contributed by atoms with van der Waals surface area (Å²) in [4.78, 5) is 0. The molecule has 0 aliphatic rings. The zero-order valence-electron chi connectivity index (χ0n) is 9.42. The number of rotatable bonds is 5. The minimum atomic E-state index is -1.05. The molecule has 0 atom stereocenters. The van der Waals surface area contributed by atoms with Gasteiger partial charge in [-0.3, -0.25) is 0 Å². The van der Waals surface area contributed by atoms with Crippen LogP contribution in [0.25, 0.3) is 6.08 Å². The Kier molecular flexibility index (Phi) is 4.62. The molecule has 78 valence electrons. The lowest BCUT2D eigenvalue weighted by atomic mass is 10.3. The van der Waals surface area contributed by atoms with Crippen molar-refractivity contribution < 1.29 is 0 Å². The zero-order valence-corrected chi connectivity index (χ0v) is 11.2. The van der Waals surface area contributed by atoms with Gasteiger partial charge < -0.3 is 0 Å². The predicted octanol–water partition coefficient (Wildman–Crippen LogP) is 4.81. The van der Waals surface area contributed by atoms with Crippen molar-refractivity contribution in [3.63, 3.8) is 0 Å². The third kappa shape index (κ3) is 2.82. The molecule has 0 fully saturated rings. The molecule has 0 spiro atoms. The van der Waals surface area contributed by atoms with Gasteiger partial charge in [0, 0.05) is 0 Å². The molecule has 0 N–H and O–H groups in total. The van der Waals surface area contributed by atoms with Crippen molar-refractivity contribution in [1.82, 2.24) is 0 Å². The van der Waals surface area contributed by atoms with E-state index in [1.54, 1.807) is 11.3 Å². The highest BCUT2D eigenvalue weighted by Gasteiger charge is 2.22. The molecular weight excluding hydrogens is 204 g/mol. The van der Waals surface area contributed by atoms with Crippen LogP contribution in [0.3, 0.4) is 0 Å². The van der Waals surface area contributed by atoms with Crippen LogP contribution >= 0.6 is 11.3 Å². The maximum Gasteiger partial charge on any atom is 0.0770 e. The summed E-state index contributed by atoms with van der Waals surface area (Å²) in [7, 11) is -1.05. The van der Waals surface area contributed by atoms with E-state index in [9.17, 15) is 0 Å². The number of thiophene rings is 1. The van der Waals surface area contributed by atoms with E-state index >= 15 is 0 Å². The van der Waals surface area contributed by atoms with Crippen LogP contribution in [-0.4, -0.2) is 8.07 Å². The second-order valence-electron chi connectivity index (χ2n) is 3.81. The van der Waals surface area contributed by atoms with Gasteiger partial charge in [0.2, 0.25) is 0 Å². The summed E-state index contributed by atoms with van der Waals surface area (Å²) in [5, 5.41) is 4.36. The van der Waals surface area contributed by atoms with Crippen LogP contribution in [0.4, 0.5) is 0 Å². The maximum absolute atomic E-state index is 2.54. The van der Waals surface area contributed by atoms with E-state index in [4.69, 9.17) is 0 Å². The summed E-state index contributed by atoms with van der Waals surface area (Å²) in [5.41, 5.74) is 3.91. The third-order valence-electron chi connectivity index (χ3n) is 3.28. The van der Waals surface area contributed by atoms with E-state index in [0.717, 1.165) is 0 Å². The van der Waals surface area contributed by atoms with Crippen molar-refractivity contribution >= 4 is 25.5 Å². The lowest BCUT2D eigenvalue weighted by Crippen LogP contribution is -2.28. The Bertz CT molecular complexity index is 262. The van der Waals surface area contributed by atoms with Crippen molar-refractivity contribution in [2.24, 2.45) is 0 Å². The van der Waals surface area contributed by atoms with Crippen LogP contribution in [0.5, 0.6) is 0 Å². The first-order chi connectivity index (χ1) is 6.76. The maximum atomic E-state index is 2.54. The van der Waals surface area contributed by atoms with Crippen LogP contribution in [0.2, 0.25) is 18.1 Å². The lowest BCUT2D eigenvalue weighted by molar-refractivity contribution is 1.20. The average Bonchev–Trinajstić information content (AvgIpc) is 2.74. The normalized spacial score (nSPS) is 12.5. The molecule has 1 aromatic rings. The van der Waals surface area contributed by atoms with E-state index in [-0.39, 0.29) is 0 Å². The molecule has 0 nitrogen and oxygen atoms in total. The molecule has 0 saturated heterocycles. The molecule has 0 saturated carbocycles. The van der Waals surface area contributed by atoms with Gasteiger partial charge in [-0.05, 0) is 22.4 Å². The van der Waals surface area contributed by atoms with Gasteiger partial charge in [0.05, 0.1) is 8.07 Å². The fourth-order valence-corrected chi connectivity index (χ4v) is 5.13. The zero-order chi connectivity index (χ0) is 10.4. The van der Waals surface area contributed by atoms with Crippen molar-refractivity contribution in [2.75, 3.05) is 0 Å². The van der Waals surface area contributed by atoms with Crippen LogP contribution < -0.4 is 0 Å². The Morgan fingerprint density at radius 1 is 1.21 bits per heavy atom. The standard InChI is InChI=1S/C12H20SSi/c1-4-14(5-2,6-3)10-8-12-7-9-13-11-12/h7-11H,4-6H2,1-3H3/b10-8+. The lowest BCUT2D eigenvalue weighted by Gasteiger charge is -2.23. The highest BCUT2D eigenvalue weighted by atomic mass is 32.1.